The van der Waals surface area contributed by atoms with Crippen molar-refractivity contribution in [2.75, 3.05) is 20.7 Å². The van der Waals surface area contributed by atoms with E-state index in [1.54, 1.807) is 12.4 Å². The quantitative estimate of drug-likeness (QED) is 0.193. The van der Waals surface area contributed by atoms with E-state index in [9.17, 15) is 9.59 Å². The van der Waals surface area contributed by atoms with Crippen molar-refractivity contribution in [3.8, 4) is 11.5 Å². The third kappa shape index (κ3) is 6.55. The number of nitrogens with zero attached hydrogens (tertiary/aromatic N) is 4. The molecule has 0 unspecified atom stereocenters. The Morgan fingerprint density at radius 3 is 1.28 bits per heavy atom. The van der Waals surface area contributed by atoms with Crippen LogP contribution in [0.2, 0.25) is 0 Å². The van der Waals surface area contributed by atoms with Crippen LogP contribution >= 0.6 is 0 Å². The van der Waals surface area contributed by atoms with Crippen LogP contribution in [0.3, 0.4) is 0 Å². The molecule has 0 bridgehead atoms. The summed E-state index contributed by atoms with van der Waals surface area (Å²) in [6.45, 7) is 11.8. The first-order valence-electron chi connectivity index (χ1n) is 15.3. The number of anilines is 4. The normalized spacial score (nSPS) is 16.2. The van der Waals surface area contributed by atoms with Gasteiger partial charge < -0.3 is 15.4 Å². The average molecular weight is 625 g/mol. The number of hydrogen-bond acceptors (Lipinski definition) is 7. The summed E-state index contributed by atoms with van der Waals surface area (Å²) in [4.78, 5) is 26.2. The fourth-order valence-electron chi connectivity index (χ4n) is 5.12. The Morgan fingerprint density at radius 1 is 0.532 bits per heavy atom. The molecule has 9 nitrogen and oxygen atoms in total. The number of nitrogens with one attached hydrogen (secondary N) is 2. The SMILES string of the molecule is CC1=NN(c2ccc(C)c(C)c2)C(=O)/C1=C/Nc1ccc(Oc2ccc(N/C=C3/C(=O)N(c4ccc(C)c(C)c4)N=C3C)cc2)cc1. The van der Waals surface area contributed by atoms with Gasteiger partial charge in [-0.1, -0.05) is 12.1 Å². The molecule has 2 N–H and O–H groups in total. The van der Waals surface area contributed by atoms with Crippen molar-refractivity contribution in [2.24, 2.45) is 10.2 Å². The molecule has 0 aliphatic carbocycles. The van der Waals surface area contributed by atoms with Crippen molar-refractivity contribution in [2.45, 2.75) is 41.5 Å². The summed E-state index contributed by atoms with van der Waals surface area (Å²) in [5, 5.41) is 18.2. The molecule has 6 rings (SSSR count). The summed E-state index contributed by atoms with van der Waals surface area (Å²) in [5.74, 6) is 0.974. The first kappa shape index (κ1) is 31.0. The Balaban J connectivity index is 1.04. The average Bonchev–Trinajstić information content (AvgIpc) is 3.51. The van der Waals surface area contributed by atoms with Gasteiger partial charge in [-0.3, -0.25) is 9.59 Å². The molecule has 0 saturated carbocycles. The first-order chi connectivity index (χ1) is 22.6. The Labute approximate surface area is 274 Å². The molecule has 0 aromatic heterocycles. The highest BCUT2D eigenvalue weighted by atomic mass is 16.5. The predicted octanol–water partition coefficient (Wildman–Crippen LogP) is 8.15. The fourth-order valence-corrected chi connectivity index (χ4v) is 5.12. The lowest BCUT2D eigenvalue weighted by Crippen LogP contribution is -2.22. The molecule has 9 heteroatoms. The lowest BCUT2D eigenvalue weighted by atomic mass is 10.1. The number of hydrogen-bond donors (Lipinski definition) is 2. The highest BCUT2D eigenvalue weighted by Gasteiger charge is 2.30. The van der Waals surface area contributed by atoms with Crippen LogP contribution in [-0.4, -0.2) is 23.2 Å². The predicted molar refractivity (Wildman–Crippen MR) is 189 cm³/mol. The van der Waals surface area contributed by atoms with Gasteiger partial charge >= 0.3 is 0 Å². The van der Waals surface area contributed by atoms with Gasteiger partial charge in [-0.15, -0.1) is 0 Å². The molecule has 0 fully saturated rings. The molecule has 0 spiro atoms. The summed E-state index contributed by atoms with van der Waals surface area (Å²) in [6, 6.07) is 26.7. The number of carbonyl (C=O) groups excluding carboxylic acids is 2. The van der Waals surface area contributed by atoms with Crippen molar-refractivity contribution in [1.82, 2.24) is 0 Å². The maximum absolute atomic E-state index is 13.1. The topological polar surface area (TPSA) is 98.6 Å². The van der Waals surface area contributed by atoms with E-state index in [0.717, 1.165) is 33.9 Å². The molecular weight excluding hydrogens is 588 g/mol. The van der Waals surface area contributed by atoms with Crippen molar-refractivity contribution in [3.63, 3.8) is 0 Å². The van der Waals surface area contributed by atoms with Crippen LogP contribution in [-0.2, 0) is 9.59 Å². The van der Waals surface area contributed by atoms with Gasteiger partial charge in [0.2, 0.25) is 0 Å². The zero-order valence-electron chi connectivity index (χ0n) is 27.3. The minimum Gasteiger partial charge on any atom is -0.457 e. The van der Waals surface area contributed by atoms with Gasteiger partial charge in [0, 0.05) is 23.8 Å². The van der Waals surface area contributed by atoms with Crippen molar-refractivity contribution < 1.29 is 14.3 Å². The Morgan fingerprint density at radius 2 is 0.915 bits per heavy atom. The molecule has 2 aliphatic heterocycles. The van der Waals surface area contributed by atoms with E-state index in [4.69, 9.17) is 4.74 Å². The molecule has 47 heavy (non-hydrogen) atoms. The zero-order valence-corrected chi connectivity index (χ0v) is 27.3. The second kappa shape index (κ2) is 12.8. The summed E-state index contributed by atoms with van der Waals surface area (Å²) >= 11 is 0. The maximum atomic E-state index is 13.1. The first-order valence-corrected chi connectivity index (χ1v) is 15.3. The summed E-state index contributed by atoms with van der Waals surface area (Å²) in [7, 11) is 0. The standard InChI is InChI=1S/C38H36N6O3/c1-23-7-13-31(19-25(23)3)43-37(45)35(27(5)41-43)21-39-29-9-15-33(16-10-29)47-34-17-11-30(12-18-34)40-22-36-28(6)42-44(38(36)46)32-14-8-24(2)26(4)20-32/h7-22,39-40H,1-6H3/b35-21+,36-22+. The Hall–Kier alpha value is -5.96. The molecule has 0 saturated heterocycles. The Kier molecular flexibility index (Phi) is 8.46. The number of benzene rings is 4. The Bertz CT molecular complexity index is 1860. The van der Waals surface area contributed by atoms with Gasteiger partial charge in [-0.05, 0) is 137 Å². The lowest BCUT2D eigenvalue weighted by molar-refractivity contribution is -0.115. The van der Waals surface area contributed by atoms with E-state index in [1.165, 1.54) is 21.1 Å². The van der Waals surface area contributed by atoms with Crippen LogP contribution in [0.4, 0.5) is 22.7 Å². The van der Waals surface area contributed by atoms with Gasteiger partial charge in [0.1, 0.15) is 11.5 Å². The number of amides is 2. The second-order valence-electron chi connectivity index (χ2n) is 11.7. The van der Waals surface area contributed by atoms with Crippen LogP contribution in [0.25, 0.3) is 0 Å². The van der Waals surface area contributed by atoms with Crippen molar-refractivity contribution in [1.29, 1.82) is 0 Å². The van der Waals surface area contributed by atoms with Crippen molar-refractivity contribution in [3.05, 3.63) is 131 Å². The number of carbonyl (C=O) groups is 2. The van der Waals surface area contributed by atoms with Gasteiger partial charge in [0.15, 0.2) is 0 Å². The number of hydrazone groups is 2. The summed E-state index contributed by atoms with van der Waals surface area (Å²) in [6.07, 6.45) is 3.37. The van der Waals surface area contributed by atoms with Crippen molar-refractivity contribution >= 4 is 46.0 Å². The van der Waals surface area contributed by atoms with E-state index in [0.29, 0.717) is 34.1 Å². The molecule has 4 aromatic rings. The molecule has 2 aliphatic rings. The minimum atomic E-state index is -0.176. The smallest absolute Gasteiger partial charge is 0.282 e. The van der Waals surface area contributed by atoms with E-state index < -0.39 is 0 Å². The van der Waals surface area contributed by atoms with Gasteiger partial charge in [-0.2, -0.15) is 20.2 Å². The zero-order chi connectivity index (χ0) is 33.2. The molecular formula is C38H36N6O3. The number of rotatable bonds is 8. The molecule has 236 valence electrons. The van der Waals surface area contributed by atoms with E-state index in [1.807, 2.05) is 126 Å². The molecule has 4 aromatic carbocycles. The highest BCUT2D eigenvalue weighted by Crippen LogP contribution is 2.29. The van der Waals surface area contributed by atoms with Gasteiger partial charge in [0.25, 0.3) is 11.8 Å². The minimum absolute atomic E-state index is 0.176. The van der Waals surface area contributed by atoms with Crippen LogP contribution in [0, 0.1) is 27.7 Å². The van der Waals surface area contributed by atoms with Gasteiger partial charge in [-0.25, -0.2) is 0 Å². The van der Waals surface area contributed by atoms with E-state index >= 15 is 0 Å². The third-order valence-electron chi connectivity index (χ3n) is 8.31. The molecule has 2 heterocycles. The number of aryl methyl sites for hydroxylation is 4. The van der Waals surface area contributed by atoms with Crippen LogP contribution < -0.4 is 25.4 Å². The van der Waals surface area contributed by atoms with Crippen LogP contribution in [0.1, 0.15) is 36.1 Å². The monoisotopic (exact) mass is 624 g/mol. The largest absolute Gasteiger partial charge is 0.457 e. The lowest BCUT2D eigenvalue weighted by Gasteiger charge is -2.13. The van der Waals surface area contributed by atoms with Crippen LogP contribution in [0.5, 0.6) is 11.5 Å². The molecule has 0 atom stereocenters. The number of ether oxygens (including phenoxy) is 1. The van der Waals surface area contributed by atoms with Gasteiger partial charge in [0.05, 0.1) is 33.9 Å². The van der Waals surface area contributed by atoms with E-state index in [2.05, 4.69) is 20.8 Å². The summed E-state index contributed by atoms with van der Waals surface area (Å²) in [5.41, 5.74) is 9.95. The third-order valence-corrected chi connectivity index (χ3v) is 8.31. The fraction of sp³-hybridized carbons (Fsp3) is 0.158. The van der Waals surface area contributed by atoms with Crippen LogP contribution in [0.15, 0.2) is 119 Å². The maximum Gasteiger partial charge on any atom is 0.282 e. The summed E-state index contributed by atoms with van der Waals surface area (Å²) < 4.78 is 6.03. The second-order valence-corrected chi connectivity index (χ2v) is 11.7. The van der Waals surface area contributed by atoms with E-state index in [-0.39, 0.29) is 11.8 Å². The highest BCUT2D eigenvalue weighted by molar-refractivity contribution is 6.30. The molecule has 0 radical (unpaired) electrons. The molecule has 2 amide bonds.